The Morgan fingerprint density at radius 2 is 2.08 bits per heavy atom. The number of thiazole rings is 1. The maximum absolute atomic E-state index is 12.5. The van der Waals surface area contributed by atoms with Crippen LogP contribution < -0.4 is 14.8 Å². The molecule has 0 spiro atoms. The molecule has 0 saturated carbocycles. The lowest BCUT2D eigenvalue weighted by Crippen LogP contribution is -2.23. The Labute approximate surface area is 151 Å². The zero-order valence-corrected chi connectivity index (χ0v) is 14.9. The molecule has 3 aromatic heterocycles. The highest BCUT2D eigenvalue weighted by Crippen LogP contribution is 2.21. The van der Waals surface area contributed by atoms with Crippen molar-refractivity contribution in [2.75, 3.05) is 7.11 Å². The van der Waals surface area contributed by atoms with E-state index >= 15 is 0 Å². The topological polar surface area (TPSA) is 56.5 Å². The van der Waals surface area contributed by atoms with Crippen molar-refractivity contribution in [1.29, 1.82) is 0 Å². The summed E-state index contributed by atoms with van der Waals surface area (Å²) in [6.45, 7) is 0. The number of hydrogen-bond donors (Lipinski definition) is 0. The number of hydrogen-bond acceptors (Lipinski definition) is 6. The molecular formula is C18H13N3O2S2. The average molecular weight is 367 g/mol. The lowest BCUT2D eigenvalue weighted by Gasteiger charge is -2.02. The van der Waals surface area contributed by atoms with Crippen LogP contribution in [0.25, 0.3) is 27.8 Å². The van der Waals surface area contributed by atoms with Crippen molar-refractivity contribution < 1.29 is 4.74 Å². The largest absolute Gasteiger partial charge is 0.496 e. The predicted octanol–water partition coefficient (Wildman–Crippen LogP) is 3.10. The van der Waals surface area contributed by atoms with Gasteiger partial charge < -0.3 is 4.74 Å². The zero-order chi connectivity index (χ0) is 17.2. The predicted molar refractivity (Wildman–Crippen MR) is 102 cm³/mol. The van der Waals surface area contributed by atoms with E-state index in [1.54, 1.807) is 24.5 Å². The quantitative estimate of drug-likeness (QED) is 0.556. The molecule has 4 aromatic rings. The van der Waals surface area contributed by atoms with E-state index in [0.717, 1.165) is 16.2 Å². The third-order valence-corrected chi connectivity index (χ3v) is 5.43. The van der Waals surface area contributed by atoms with Gasteiger partial charge in [0.2, 0.25) is 4.96 Å². The van der Waals surface area contributed by atoms with Crippen LogP contribution in [0.1, 0.15) is 5.56 Å². The highest BCUT2D eigenvalue weighted by Gasteiger charge is 2.11. The van der Waals surface area contributed by atoms with Gasteiger partial charge in [-0.1, -0.05) is 47.8 Å². The third-order valence-electron chi connectivity index (χ3n) is 3.59. The standard InChI is InChI=1S/C18H13N3O2S2/c1-23-13-8-3-2-6-12(13)7-4-9-15-17(22)21-18(25-15)19-16(20-21)14-10-5-11-24-14/h2-11H,1H3. The maximum Gasteiger partial charge on any atom is 0.291 e. The molecule has 0 radical (unpaired) electrons. The molecule has 0 aliphatic heterocycles. The number of thiophene rings is 1. The first-order valence-electron chi connectivity index (χ1n) is 7.51. The number of aromatic nitrogens is 3. The highest BCUT2D eigenvalue weighted by molar-refractivity contribution is 7.15. The summed E-state index contributed by atoms with van der Waals surface area (Å²) < 4.78 is 7.27. The molecule has 0 aliphatic rings. The summed E-state index contributed by atoms with van der Waals surface area (Å²) in [7, 11) is 1.64. The first-order chi connectivity index (χ1) is 12.3. The molecule has 4 rings (SSSR count). The first kappa shape index (κ1) is 15.7. The highest BCUT2D eigenvalue weighted by atomic mass is 32.1. The number of methoxy groups -OCH3 is 1. The van der Waals surface area contributed by atoms with Gasteiger partial charge in [-0.05, 0) is 23.6 Å². The fourth-order valence-electron chi connectivity index (χ4n) is 2.40. The monoisotopic (exact) mass is 367 g/mol. The van der Waals surface area contributed by atoms with Gasteiger partial charge in [0.25, 0.3) is 5.56 Å². The van der Waals surface area contributed by atoms with Crippen LogP contribution in [0.5, 0.6) is 5.75 Å². The van der Waals surface area contributed by atoms with Crippen LogP contribution in [-0.4, -0.2) is 21.7 Å². The Balaban J connectivity index is 1.69. The number of benzene rings is 1. The van der Waals surface area contributed by atoms with Crippen molar-refractivity contribution in [2.45, 2.75) is 0 Å². The van der Waals surface area contributed by atoms with E-state index in [1.165, 1.54) is 15.9 Å². The van der Waals surface area contributed by atoms with E-state index in [2.05, 4.69) is 10.1 Å². The summed E-state index contributed by atoms with van der Waals surface area (Å²) in [6, 6.07) is 11.6. The SMILES string of the molecule is COc1ccccc1C=CC=c1sc2nc(-c3cccs3)nn2c1=O. The molecule has 5 nitrogen and oxygen atoms in total. The molecule has 0 saturated heterocycles. The number of rotatable bonds is 4. The maximum atomic E-state index is 12.5. The van der Waals surface area contributed by atoms with E-state index in [0.29, 0.717) is 15.3 Å². The Kier molecular flexibility index (Phi) is 4.17. The Hall–Kier alpha value is -2.77. The van der Waals surface area contributed by atoms with Crippen molar-refractivity contribution in [3.63, 3.8) is 0 Å². The van der Waals surface area contributed by atoms with Gasteiger partial charge in [-0.2, -0.15) is 9.50 Å². The van der Waals surface area contributed by atoms with E-state index in [9.17, 15) is 4.79 Å². The minimum absolute atomic E-state index is 0.153. The lowest BCUT2D eigenvalue weighted by molar-refractivity contribution is 0.414. The number of para-hydroxylation sites is 1. The molecule has 0 fully saturated rings. The summed E-state index contributed by atoms with van der Waals surface area (Å²) in [6.07, 6.45) is 5.52. The number of nitrogens with zero attached hydrogens (tertiary/aromatic N) is 3. The molecule has 1 aromatic carbocycles. The number of allylic oxidation sites excluding steroid dienone is 1. The van der Waals surface area contributed by atoms with Crippen LogP contribution >= 0.6 is 22.7 Å². The van der Waals surface area contributed by atoms with E-state index in [-0.39, 0.29) is 5.56 Å². The van der Waals surface area contributed by atoms with Gasteiger partial charge in [0.1, 0.15) is 5.75 Å². The zero-order valence-electron chi connectivity index (χ0n) is 13.2. The molecule has 0 aliphatic carbocycles. The van der Waals surface area contributed by atoms with Gasteiger partial charge in [0, 0.05) is 5.56 Å². The van der Waals surface area contributed by atoms with Crippen LogP contribution in [-0.2, 0) is 0 Å². The van der Waals surface area contributed by atoms with Crippen molar-refractivity contribution in [2.24, 2.45) is 0 Å². The lowest BCUT2D eigenvalue weighted by atomic mass is 10.2. The van der Waals surface area contributed by atoms with E-state index < -0.39 is 0 Å². The molecule has 124 valence electrons. The smallest absolute Gasteiger partial charge is 0.291 e. The third kappa shape index (κ3) is 2.99. The van der Waals surface area contributed by atoms with Gasteiger partial charge in [-0.3, -0.25) is 4.79 Å². The molecule has 25 heavy (non-hydrogen) atoms. The number of fused-ring (bicyclic) bond motifs is 1. The first-order valence-corrected chi connectivity index (χ1v) is 9.21. The minimum atomic E-state index is -0.153. The van der Waals surface area contributed by atoms with Gasteiger partial charge >= 0.3 is 0 Å². The van der Waals surface area contributed by atoms with Crippen LogP contribution in [0, 0.1) is 0 Å². The summed E-state index contributed by atoms with van der Waals surface area (Å²) in [5, 5.41) is 6.28. The molecule has 0 amide bonds. The summed E-state index contributed by atoms with van der Waals surface area (Å²) in [5.74, 6) is 1.38. The van der Waals surface area contributed by atoms with Gasteiger partial charge in [0.15, 0.2) is 5.82 Å². The van der Waals surface area contributed by atoms with Crippen molar-refractivity contribution in [1.82, 2.24) is 14.6 Å². The van der Waals surface area contributed by atoms with E-state index in [1.807, 2.05) is 53.9 Å². The van der Waals surface area contributed by atoms with Gasteiger partial charge in [-0.25, -0.2) is 0 Å². The Bertz CT molecular complexity index is 1160. The Morgan fingerprint density at radius 3 is 2.84 bits per heavy atom. The summed E-state index contributed by atoms with van der Waals surface area (Å²) >= 11 is 2.88. The molecular weight excluding hydrogens is 354 g/mol. The normalized spacial score (nSPS) is 12.4. The van der Waals surface area contributed by atoms with Gasteiger partial charge in [-0.15, -0.1) is 16.4 Å². The van der Waals surface area contributed by atoms with Crippen LogP contribution in [0.2, 0.25) is 0 Å². The average Bonchev–Trinajstić information content (AvgIpc) is 3.34. The van der Waals surface area contributed by atoms with Crippen molar-refractivity contribution >= 4 is 39.8 Å². The van der Waals surface area contributed by atoms with E-state index in [4.69, 9.17) is 4.74 Å². The van der Waals surface area contributed by atoms with Gasteiger partial charge in [0.05, 0.1) is 16.5 Å². The molecule has 0 bridgehead atoms. The summed E-state index contributed by atoms with van der Waals surface area (Å²) in [4.78, 5) is 18.5. The van der Waals surface area contributed by atoms with Crippen LogP contribution in [0.4, 0.5) is 0 Å². The molecule has 3 heterocycles. The Morgan fingerprint density at radius 1 is 1.20 bits per heavy atom. The minimum Gasteiger partial charge on any atom is -0.496 e. The second-order valence-corrected chi connectivity index (χ2v) is 7.10. The molecule has 0 unspecified atom stereocenters. The fraction of sp³-hybridized carbons (Fsp3) is 0.0556. The number of ether oxygens (including phenoxy) is 1. The van der Waals surface area contributed by atoms with Crippen LogP contribution in [0.15, 0.2) is 52.6 Å². The second kappa shape index (κ2) is 6.62. The second-order valence-electron chi connectivity index (χ2n) is 5.15. The van der Waals surface area contributed by atoms with Crippen molar-refractivity contribution in [3.05, 3.63) is 68.3 Å². The van der Waals surface area contributed by atoms with Crippen LogP contribution in [0.3, 0.4) is 0 Å². The van der Waals surface area contributed by atoms with Crippen molar-refractivity contribution in [3.8, 4) is 16.5 Å². The molecule has 7 heteroatoms. The molecule has 0 atom stereocenters. The molecule has 0 N–H and O–H groups in total. The summed E-state index contributed by atoms with van der Waals surface area (Å²) in [5.41, 5.74) is 0.799. The fourth-order valence-corrected chi connectivity index (χ4v) is 3.91.